The van der Waals surface area contributed by atoms with Crippen molar-refractivity contribution in [2.45, 2.75) is 13.3 Å². The molecule has 0 spiro atoms. The van der Waals surface area contributed by atoms with Crippen molar-refractivity contribution >= 4 is 28.6 Å². The van der Waals surface area contributed by atoms with E-state index in [-0.39, 0.29) is 0 Å². The largest absolute Gasteiger partial charge is 0.355 e. The first-order chi connectivity index (χ1) is 15.3. The van der Waals surface area contributed by atoms with Gasteiger partial charge in [-0.05, 0) is 6.07 Å². The van der Waals surface area contributed by atoms with Crippen LogP contribution in [0.1, 0.15) is 12.7 Å². The van der Waals surface area contributed by atoms with E-state index in [1.807, 2.05) is 13.1 Å². The number of nitrogens with one attached hydrogen (secondary N) is 1. The Hall–Kier alpha value is -2.53. The monoisotopic (exact) mass is 444 g/mol. The normalized spacial score (nSPS) is 18.5. The molecular weight excluding hydrogens is 412 g/mol. The Labute approximate surface area is 188 Å². The second-order valence-corrected chi connectivity index (χ2v) is 8.40. The highest BCUT2D eigenvalue weighted by molar-refractivity contribution is 7.09. The van der Waals surface area contributed by atoms with Crippen molar-refractivity contribution < 1.29 is 0 Å². The van der Waals surface area contributed by atoms with Gasteiger partial charge < -0.3 is 20.0 Å². The zero-order valence-electron chi connectivity index (χ0n) is 18.4. The lowest BCUT2D eigenvalue weighted by Crippen LogP contribution is -2.54. The highest BCUT2D eigenvalue weighted by Gasteiger charge is 2.22. The van der Waals surface area contributed by atoms with Gasteiger partial charge in [-0.1, -0.05) is 6.92 Å². The van der Waals surface area contributed by atoms with Crippen molar-refractivity contribution in [2.24, 2.45) is 4.99 Å². The number of aryl methyl sites for hydroxylation is 1. The zero-order chi connectivity index (χ0) is 21.5. The number of aromatic nitrogens is 4. The van der Waals surface area contributed by atoms with E-state index in [4.69, 9.17) is 0 Å². The quantitative estimate of drug-likeness (QED) is 0.503. The Morgan fingerprint density at radius 3 is 2.39 bits per heavy atom. The van der Waals surface area contributed by atoms with Gasteiger partial charge in [-0.2, -0.15) is 4.37 Å². The first-order valence-electron chi connectivity index (χ1n) is 11.0. The predicted molar refractivity (Wildman–Crippen MR) is 125 cm³/mol. The van der Waals surface area contributed by atoms with E-state index in [1.54, 1.807) is 12.4 Å². The molecule has 0 aromatic carbocycles. The lowest BCUT2D eigenvalue weighted by Gasteiger charge is -2.37. The van der Waals surface area contributed by atoms with E-state index in [0.717, 1.165) is 94.7 Å². The molecule has 0 radical (unpaired) electrons. The molecule has 2 aromatic rings. The summed E-state index contributed by atoms with van der Waals surface area (Å²) in [6.45, 7) is 11.8. The predicted octanol–water partition coefficient (Wildman–Crippen LogP) is 0.410. The smallest absolute Gasteiger partial charge is 0.225 e. The van der Waals surface area contributed by atoms with Crippen LogP contribution >= 0.6 is 11.5 Å². The van der Waals surface area contributed by atoms with Crippen molar-refractivity contribution in [1.82, 2.24) is 34.4 Å². The summed E-state index contributed by atoms with van der Waals surface area (Å²) >= 11 is 1.51. The van der Waals surface area contributed by atoms with Gasteiger partial charge in [0, 0.05) is 103 Å². The maximum Gasteiger partial charge on any atom is 0.225 e. The topological polar surface area (TPSA) is 88.9 Å². The van der Waals surface area contributed by atoms with Crippen LogP contribution < -0.4 is 15.1 Å². The SMILES string of the molecule is CCc1nsc(N2CCN(C(=NC)NCCN3CCN(c4ncccn4)CC3)CC2)n1. The van der Waals surface area contributed by atoms with Gasteiger partial charge in [-0.25, -0.2) is 15.0 Å². The third-order valence-electron chi connectivity index (χ3n) is 5.75. The number of rotatable bonds is 6. The molecule has 11 heteroatoms. The first-order valence-corrected chi connectivity index (χ1v) is 11.8. The highest BCUT2D eigenvalue weighted by atomic mass is 32.1. The van der Waals surface area contributed by atoms with Crippen molar-refractivity contribution in [3.05, 3.63) is 24.3 Å². The number of hydrogen-bond donors (Lipinski definition) is 1. The molecule has 0 aliphatic carbocycles. The van der Waals surface area contributed by atoms with Gasteiger partial charge >= 0.3 is 0 Å². The molecule has 168 valence electrons. The van der Waals surface area contributed by atoms with E-state index < -0.39 is 0 Å². The van der Waals surface area contributed by atoms with Crippen molar-refractivity contribution in [2.75, 3.05) is 82.3 Å². The number of nitrogens with zero attached hydrogens (tertiary/aromatic N) is 9. The molecule has 0 saturated carbocycles. The van der Waals surface area contributed by atoms with E-state index in [1.165, 1.54) is 11.5 Å². The third-order valence-corrected chi connectivity index (χ3v) is 6.57. The number of piperazine rings is 2. The molecule has 2 aliphatic rings. The molecule has 1 N–H and O–H groups in total. The molecule has 0 bridgehead atoms. The van der Waals surface area contributed by atoms with E-state index in [9.17, 15) is 0 Å². The number of hydrogen-bond acceptors (Lipinski definition) is 9. The average molecular weight is 445 g/mol. The van der Waals surface area contributed by atoms with Gasteiger partial charge in [0.2, 0.25) is 11.1 Å². The Bertz CT molecular complexity index is 825. The molecule has 31 heavy (non-hydrogen) atoms. The Kier molecular flexibility index (Phi) is 7.47. The van der Waals surface area contributed by atoms with Crippen molar-refractivity contribution in [3.8, 4) is 0 Å². The van der Waals surface area contributed by atoms with Crippen LogP contribution in [-0.4, -0.2) is 108 Å². The summed E-state index contributed by atoms with van der Waals surface area (Å²) in [6, 6.07) is 1.86. The second kappa shape index (κ2) is 10.7. The summed E-state index contributed by atoms with van der Waals surface area (Å²) in [5.41, 5.74) is 0. The number of aliphatic imine (C=N–C) groups is 1. The Balaban J connectivity index is 1.17. The lowest BCUT2D eigenvalue weighted by molar-refractivity contribution is 0.258. The van der Waals surface area contributed by atoms with Crippen LogP contribution in [0.2, 0.25) is 0 Å². The maximum atomic E-state index is 4.62. The molecule has 4 rings (SSSR count). The van der Waals surface area contributed by atoms with Gasteiger partial charge in [-0.15, -0.1) is 0 Å². The number of anilines is 2. The van der Waals surface area contributed by atoms with Crippen LogP contribution in [0, 0.1) is 0 Å². The molecule has 2 saturated heterocycles. The van der Waals surface area contributed by atoms with E-state index in [0.29, 0.717) is 0 Å². The fraction of sp³-hybridized carbons (Fsp3) is 0.650. The van der Waals surface area contributed by atoms with Crippen LogP contribution in [0.5, 0.6) is 0 Å². The van der Waals surface area contributed by atoms with E-state index in [2.05, 4.69) is 56.2 Å². The molecule has 0 atom stereocenters. The maximum absolute atomic E-state index is 4.62. The molecular formula is C20H32N10S. The lowest BCUT2D eigenvalue weighted by atomic mass is 10.3. The van der Waals surface area contributed by atoms with Gasteiger partial charge in [-0.3, -0.25) is 9.89 Å². The molecule has 4 heterocycles. The standard InChI is InChI=1S/C20H32N10S/c1-3-17-25-20(31-26-17)30-15-13-28(14-16-30)18(21-2)24-7-8-27-9-11-29(12-10-27)19-22-5-4-6-23-19/h4-6H,3,7-16H2,1-2H3,(H,21,24). The molecule has 2 aromatic heterocycles. The molecule has 0 unspecified atom stereocenters. The summed E-state index contributed by atoms with van der Waals surface area (Å²) in [6.07, 6.45) is 4.50. The Morgan fingerprint density at radius 2 is 1.74 bits per heavy atom. The molecule has 2 aliphatic heterocycles. The molecule has 0 amide bonds. The highest BCUT2D eigenvalue weighted by Crippen LogP contribution is 2.19. The summed E-state index contributed by atoms with van der Waals surface area (Å²) in [4.78, 5) is 27.2. The summed E-state index contributed by atoms with van der Waals surface area (Å²) in [5.74, 6) is 2.76. The zero-order valence-corrected chi connectivity index (χ0v) is 19.3. The van der Waals surface area contributed by atoms with Crippen molar-refractivity contribution in [3.63, 3.8) is 0 Å². The van der Waals surface area contributed by atoms with Gasteiger partial charge in [0.1, 0.15) is 5.82 Å². The molecule has 10 nitrogen and oxygen atoms in total. The van der Waals surface area contributed by atoms with Crippen LogP contribution in [0.15, 0.2) is 23.5 Å². The minimum atomic E-state index is 0.833. The van der Waals surface area contributed by atoms with Gasteiger partial charge in [0.25, 0.3) is 0 Å². The average Bonchev–Trinajstić information content (AvgIpc) is 3.32. The van der Waals surface area contributed by atoms with Crippen LogP contribution in [0.25, 0.3) is 0 Å². The second-order valence-electron chi connectivity index (χ2n) is 7.67. The fourth-order valence-corrected chi connectivity index (χ4v) is 4.71. The molecule has 2 fully saturated rings. The first kappa shape index (κ1) is 21.7. The summed E-state index contributed by atoms with van der Waals surface area (Å²) < 4.78 is 4.41. The summed E-state index contributed by atoms with van der Waals surface area (Å²) in [5, 5.41) is 4.59. The Morgan fingerprint density at radius 1 is 1.03 bits per heavy atom. The van der Waals surface area contributed by atoms with Gasteiger partial charge in [0.05, 0.1) is 0 Å². The van der Waals surface area contributed by atoms with Crippen LogP contribution in [-0.2, 0) is 6.42 Å². The van der Waals surface area contributed by atoms with Gasteiger partial charge in [0.15, 0.2) is 5.96 Å². The minimum absolute atomic E-state index is 0.833. The van der Waals surface area contributed by atoms with Crippen LogP contribution in [0.4, 0.5) is 11.1 Å². The van der Waals surface area contributed by atoms with E-state index >= 15 is 0 Å². The van der Waals surface area contributed by atoms with Crippen LogP contribution in [0.3, 0.4) is 0 Å². The third kappa shape index (κ3) is 5.59. The minimum Gasteiger partial charge on any atom is -0.355 e. The number of guanidine groups is 1. The fourth-order valence-electron chi connectivity index (χ4n) is 3.91. The summed E-state index contributed by atoms with van der Waals surface area (Å²) in [7, 11) is 1.87. The van der Waals surface area contributed by atoms with Crippen molar-refractivity contribution in [1.29, 1.82) is 0 Å².